The van der Waals surface area contributed by atoms with Crippen LogP contribution in [0.2, 0.25) is 0 Å². The smallest absolute Gasteiger partial charge is 0.263 e. The van der Waals surface area contributed by atoms with E-state index in [1.807, 2.05) is 12.1 Å². The van der Waals surface area contributed by atoms with Gasteiger partial charge in [0.25, 0.3) is 5.91 Å². The predicted molar refractivity (Wildman–Crippen MR) is 103 cm³/mol. The minimum atomic E-state index is -0.251. The number of piperidine rings is 1. The fourth-order valence-corrected chi connectivity index (χ4v) is 5.46. The van der Waals surface area contributed by atoms with E-state index >= 15 is 0 Å². The fourth-order valence-electron chi connectivity index (χ4n) is 4.05. The number of ether oxygens (including phenoxy) is 1. The Kier molecular flexibility index (Phi) is 5.36. The molecule has 2 aromatic rings. The van der Waals surface area contributed by atoms with Crippen molar-refractivity contribution in [2.45, 2.75) is 31.4 Å². The molecule has 27 heavy (non-hydrogen) atoms. The number of likely N-dealkylation sites (N-methyl/N-ethyl adjacent to an activating group) is 1. The van der Waals surface area contributed by atoms with Crippen molar-refractivity contribution in [2.24, 2.45) is 0 Å². The monoisotopic (exact) mass is 390 g/mol. The number of carbonyl (C=O) groups excluding carboxylic acids is 1. The zero-order valence-electron chi connectivity index (χ0n) is 15.6. The maximum Gasteiger partial charge on any atom is 0.263 e. The Bertz CT molecular complexity index is 778. The van der Waals surface area contributed by atoms with E-state index in [1.54, 1.807) is 35.8 Å². The number of amides is 1. The zero-order chi connectivity index (χ0) is 18.9. The van der Waals surface area contributed by atoms with Crippen molar-refractivity contribution >= 4 is 17.2 Å². The third kappa shape index (κ3) is 3.69. The fraction of sp³-hybridized carbons (Fsp3) is 0.550. The Morgan fingerprint density at radius 3 is 2.93 bits per heavy atom. The van der Waals surface area contributed by atoms with E-state index in [2.05, 4.69) is 4.90 Å². The molecule has 1 fully saturated rings. The maximum atomic E-state index is 12.6. The number of carbonyl (C=O) groups is 1. The number of furan rings is 1. The summed E-state index contributed by atoms with van der Waals surface area (Å²) < 4.78 is 11.5. The van der Waals surface area contributed by atoms with Gasteiger partial charge < -0.3 is 19.2 Å². The summed E-state index contributed by atoms with van der Waals surface area (Å²) in [5.74, 6) is -0.0176. The van der Waals surface area contributed by atoms with Gasteiger partial charge in [-0.25, -0.2) is 0 Å². The highest BCUT2D eigenvalue weighted by Gasteiger charge is 2.42. The average Bonchev–Trinajstić information content (AvgIpc) is 3.34. The van der Waals surface area contributed by atoms with Crippen LogP contribution >= 0.6 is 11.3 Å². The van der Waals surface area contributed by atoms with Gasteiger partial charge in [-0.05, 0) is 37.0 Å². The Hall–Kier alpha value is -1.67. The summed E-state index contributed by atoms with van der Waals surface area (Å²) >= 11 is 1.58. The van der Waals surface area contributed by atoms with Crippen LogP contribution in [0.25, 0.3) is 0 Å². The number of likely N-dealkylation sites (tertiary alicyclic amines) is 1. The minimum Gasteiger partial charge on any atom is -0.472 e. The molecule has 0 atom stereocenters. The van der Waals surface area contributed by atoms with Gasteiger partial charge in [0.15, 0.2) is 0 Å². The molecule has 0 bridgehead atoms. The number of nitrogens with zero attached hydrogens (tertiary/aromatic N) is 2. The highest BCUT2D eigenvalue weighted by Crippen LogP contribution is 2.45. The first-order valence-corrected chi connectivity index (χ1v) is 10.3. The summed E-state index contributed by atoms with van der Waals surface area (Å²) in [5.41, 5.74) is 2.21. The topological polar surface area (TPSA) is 66.2 Å². The van der Waals surface area contributed by atoms with Crippen molar-refractivity contribution in [2.75, 3.05) is 39.9 Å². The van der Waals surface area contributed by atoms with E-state index < -0.39 is 0 Å². The molecule has 0 saturated carbocycles. The number of hydrogen-bond donors (Lipinski definition) is 1. The molecular weight excluding hydrogens is 364 g/mol. The Balaban J connectivity index is 1.49. The van der Waals surface area contributed by atoms with Gasteiger partial charge >= 0.3 is 0 Å². The van der Waals surface area contributed by atoms with Gasteiger partial charge in [0.1, 0.15) is 5.60 Å². The SMILES string of the molecule is CN(CCO)C(=O)c1cc2c(s1)C1(CCN(Cc3ccoc3)CC1)OCC2. The van der Waals surface area contributed by atoms with E-state index in [4.69, 9.17) is 14.3 Å². The van der Waals surface area contributed by atoms with Crippen LogP contribution in [-0.2, 0) is 23.3 Å². The molecule has 1 spiro atoms. The van der Waals surface area contributed by atoms with Crippen LogP contribution in [0.15, 0.2) is 29.1 Å². The molecule has 4 heterocycles. The normalized spacial score (nSPS) is 19.2. The van der Waals surface area contributed by atoms with Crippen LogP contribution in [0, 0.1) is 0 Å². The quantitative estimate of drug-likeness (QED) is 0.850. The molecule has 6 nitrogen and oxygen atoms in total. The minimum absolute atomic E-state index is 0.0176. The van der Waals surface area contributed by atoms with Gasteiger partial charge in [0.05, 0.1) is 30.6 Å². The van der Waals surface area contributed by atoms with Crippen LogP contribution in [0.3, 0.4) is 0 Å². The molecule has 146 valence electrons. The highest BCUT2D eigenvalue weighted by molar-refractivity contribution is 7.14. The lowest BCUT2D eigenvalue weighted by molar-refractivity contribution is -0.0960. The number of thiophene rings is 1. The molecule has 2 aromatic heterocycles. The van der Waals surface area contributed by atoms with E-state index in [-0.39, 0.29) is 18.1 Å². The molecule has 4 rings (SSSR count). The van der Waals surface area contributed by atoms with Gasteiger partial charge in [0, 0.05) is 43.7 Å². The third-order valence-corrected chi connectivity index (χ3v) is 6.97. The van der Waals surface area contributed by atoms with Crippen molar-refractivity contribution < 1.29 is 19.1 Å². The van der Waals surface area contributed by atoms with Crippen molar-refractivity contribution in [3.05, 3.63) is 45.5 Å². The van der Waals surface area contributed by atoms with Crippen LogP contribution in [0.5, 0.6) is 0 Å². The summed E-state index contributed by atoms with van der Waals surface area (Å²) in [6.45, 7) is 3.89. The molecule has 7 heteroatoms. The zero-order valence-corrected chi connectivity index (χ0v) is 16.5. The summed E-state index contributed by atoms with van der Waals surface area (Å²) in [5, 5.41) is 9.09. The average molecular weight is 391 g/mol. The lowest BCUT2D eigenvalue weighted by Gasteiger charge is -2.43. The first-order chi connectivity index (χ1) is 13.1. The number of fused-ring (bicyclic) bond motifs is 2. The number of rotatable bonds is 5. The van der Waals surface area contributed by atoms with Gasteiger partial charge in [-0.3, -0.25) is 9.69 Å². The first kappa shape index (κ1) is 18.7. The van der Waals surface area contributed by atoms with Gasteiger partial charge in [-0.15, -0.1) is 11.3 Å². The van der Waals surface area contributed by atoms with Gasteiger partial charge in [-0.2, -0.15) is 0 Å². The Labute approximate surface area is 163 Å². The molecule has 2 aliphatic rings. The summed E-state index contributed by atoms with van der Waals surface area (Å²) in [4.78, 5) is 18.6. The van der Waals surface area contributed by atoms with Crippen molar-refractivity contribution in [1.29, 1.82) is 0 Å². The second kappa shape index (κ2) is 7.75. The van der Waals surface area contributed by atoms with Crippen molar-refractivity contribution in [3.63, 3.8) is 0 Å². The summed E-state index contributed by atoms with van der Waals surface area (Å²) in [6.07, 6.45) is 6.27. The van der Waals surface area contributed by atoms with Crippen LogP contribution in [-0.4, -0.2) is 60.7 Å². The molecule has 2 aliphatic heterocycles. The maximum absolute atomic E-state index is 12.6. The predicted octanol–water partition coefficient (Wildman–Crippen LogP) is 2.47. The van der Waals surface area contributed by atoms with E-state index in [1.165, 1.54) is 16.0 Å². The molecular formula is C20H26N2O4S. The third-order valence-electron chi connectivity index (χ3n) is 5.62. The molecule has 1 saturated heterocycles. The second-order valence-electron chi connectivity index (χ2n) is 7.42. The molecule has 1 N–H and O–H groups in total. The van der Waals surface area contributed by atoms with Crippen LogP contribution < -0.4 is 0 Å². The first-order valence-electron chi connectivity index (χ1n) is 9.48. The summed E-state index contributed by atoms with van der Waals surface area (Å²) in [7, 11) is 1.73. The van der Waals surface area contributed by atoms with Crippen molar-refractivity contribution in [3.8, 4) is 0 Å². The molecule has 0 aliphatic carbocycles. The Morgan fingerprint density at radius 2 is 2.22 bits per heavy atom. The molecule has 1 amide bonds. The van der Waals surface area contributed by atoms with Gasteiger partial charge in [-0.1, -0.05) is 0 Å². The molecule has 0 radical (unpaired) electrons. The second-order valence-corrected chi connectivity index (χ2v) is 8.47. The lowest BCUT2D eigenvalue weighted by atomic mass is 9.85. The number of aliphatic hydroxyl groups is 1. The van der Waals surface area contributed by atoms with E-state index in [0.717, 1.165) is 43.8 Å². The number of hydrogen-bond acceptors (Lipinski definition) is 6. The molecule has 0 aromatic carbocycles. The van der Waals surface area contributed by atoms with Crippen LogP contribution in [0.1, 0.15) is 38.5 Å². The lowest BCUT2D eigenvalue weighted by Crippen LogP contribution is -2.45. The molecule has 0 unspecified atom stereocenters. The van der Waals surface area contributed by atoms with Crippen molar-refractivity contribution in [1.82, 2.24) is 9.80 Å². The Morgan fingerprint density at radius 1 is 1.41 bits per heavy atom. The standard InChI is InChI=1S/C20H26N2O4S/c1-21(8-9-23)19(24)17-12-16-3-11-26-20(18(16)27-17)4-6-22(7-5-20)13-15-2-10-25-14-15/h2,10,12,14,23H,3-9,11,13H2,1H3. The summed E-state index contributed by atoms with van der Waals surface area (Å²) in [6, 6.07) is 4.05. The van der Waals surface area contributed by atoms with Crippen LogP contribution in [0.4, 0.5) is 0 Å². The van der Waals surface area contributed by atoms with Gasteiger partial charge in [0.2, 0.25) is 0 Å². The largest absolute Gasteiger partial charge is 0.472 e. The number of aliphatic hydroxyl groups excluding tert-OH is 1. The van der Waals surface area contributed by atoms with E-state index in [9.17, 15) is 4.79 Å². The highest BCUT2D eigenvalue weighted by atomic mass is 32.1. The van der Waals surface area contributed by atoms with E-state index in [0.29, 0.717) is 13.2 Å².